The van der Waals surface area contributed by atoms with Crippen LogP contribution in [0.2, 0.25) is 0 Å². The van der Waals surface area contributed by atoms with Gasteiger partial charge in [-0.1, -0.05) is 32.0 Å². The maximum absolute atomic E-state index is 5.45. The molecule has 1 unspecified atom stereocenters. The number of guanidine groups is 1. The molecule has 0 fully saturated rings. The number of anilines is 1. The molecule has 6 nitrogen and oxygen atoms in total. The second kappa shape index (κ2) is 16.1. The fourth-order valence-corrected chi connectivity index (χ4v) is 2.25. The molecule has 0 aliphatic carbocycles. The molecule has 0 radical (unpaired) electrons. The molecular weight excluding hydrogens is 443 g/mol. The Morgan fingerprint density at radius 1 is 1.08 bits per heavy atom. The molecule has 1 atom stereocenters. The number of hydrogen-bond donors (Lipinski definition) is 3. The first kappa shape index (κ1) is 24.9. The van der Waals surface area contributed by atoms with Crippen LogP contribution >= 0.6 is 24.0 Å². The summed E-state index contributed by atoms with van der Waals surface area (Å²) in [6, 6.07) is 10.6. The van der Waals surface area contributed by atoms with Crippen LogP contribution in [0, 0.1) is 5.92 Å². The number of para-hydroxylation sites is 1. The number of methoxy groups -OCH3 is 1. The fourth-order valence-electron chi connectivity index (χ4n) is 2.25. The minimum atomic E-state index is 0. The van der Waals surface area contributed by atoms with Crippen LogP contribution in [0.3, 0.4) is 0 Å². The van der Waals surface area contributed by atoms with E-state index in [4.69, 9.17) is 9.47 Å². The summed E-state index contributed by atoms with van der Waals surface area (Å²) in [7, 11) is 3.47. The van der Waals surface area contributed by atoms with E-state index in [1.54, 1.807) is 14.2 Å². The topological polar surface area (TPSA) is 66.9 Å². The lowest BCUT2D eigenvalue weighted by Gasteiger charge is -2.25. The largest absolute Gasteiger partial charge is 0.382 e. The quantitative estimate of drug-likeness (QED) is 0.187. The Balaban J connectivity index is 0.00000625. The van der Waals surface area contributed by atoms with Crippen molar-refractivity contribution >= 4 is 35.6 Å². The van der Waals surface area contributed by atoms with Gasteiger partial charge in [-0.25, -0.2) is 0 Å². The van der Waals surface area contributed by atoms with Crippen LogP contribution in [-0.4, -0.2) is 59.1 Å². The highest BCUT2D eigenvalue weighted by atomic mass is 127. The molecular formula is C19H35IN4O2. The first-order valence-corrected chi connectivity index (χ1v) is 9.00. The maximum atomic E-state index is 5.45. The molecule has 0 aromatic heterocycles. The highest BCUT2D eigenvalue weighted by Gasteiger charge is 2.13. The van der Waals surface area contributed by atoms with Gasteiger partial charge in [0.25, 0.3) is 0 Å². The normalized spacial score (nSPS) is 12.4. The molecule has 0 saturated carbocycles. The molecule has 3 N–H and O–H groups in total. The van der Waals surface area contributed by atoms with Crippen molar-refractivity contribution in [2.45, 2.75) is 26.3 Å². The van der Waals surface area contributed by atoms with E-state index in [0.717, 1.165) is 37.8 Å². The predicted octanol–water partition coefficient (Wildman–Crippen LogP) is 2.96. The molecule has 0 heterocycles. The van der Waals surface area contributed by atoms with E-state index in [1.165, 1.54) is 0 Å². The summed E-state index contributed by atoms with van der Waals surface area (Å²) in [5, 5.41) is 10.3. The predicted molar refractivity (Wildman–Crippen MR) is 121 cm³/mol. The molecule has 7 heteroatoms. The monoisotopic (exact) mass is 478 g/mol. The number of aliphatic imine (C=N–C) groups is 1. The molecule has 0 bridgehead atoms. The number of benzene rings is 1. The third-order valence-corrected chi connectivity index (χ3v) is 3.83. The third-order valence-electron chi connectivity index (χ3n) is 3.83. The molecule has 1 aromatic rings. The van der Waals surface area contributed by atoms with Crippen molar-refractivity contribution in [2.24, 2.45) is 10.9 Å². The van der Waals surface area contributed by atoms with E-state index >= 15 is 0 Å². The number of rotatable bonds is 12. The van der Waals surface area contributed by atoms with Crippen LogP contribution in [0.5, 0.6) is 0 Å². The van der Waals surface area contributed by atoms with Gasteiger partial charge in [-0.15, -0.1) is 24.0 Å². The van der Waals surface area contributed by atoms with Gasteiger partial charge in [-0.3, -0.25) is 4.99 Å². The minimum Gasteiger partial charge on any atom is -0.382 e. The van der Waals surface area contributed by atoms with Crippen LogP contribution < -0.4 is 16.0 Å². The SMILES string of the molecule is CN=C(NCCCOCCOC)NCC(Nc1ccccc1)C(C)C.I. The second-order valence-corrected chi connectivity index (χ2v) is 6.20. The Bertz CT molecular complexity index is 472. The van der Waals surface area contributed by atoms with Crippen LogP contribution in [0.15, 0.2) is 35.3 Å². The van der Waals surface area contributed by atoms with Crippen molar-refractivity contribution < 1.29 is 9.47 Å². The molecule has 0 amide bonds. The van der Waals surface area contributed by atoms with Crippen molar-refractivity contribution in [2.75, 3.05) is 52.4 Å². The molecule has 0 aliphatic rings. The summed E-state index contributed by atoms with van der Waals surface area (Å²) >= 11 is 0. The Kier molecular flexibility index (Phi) is 15.5. The zero-order chi connectivity index (χ0) is 18.3. The lowest BCUT2D eigenvalue weighted by atomic mass is 10.0. The average Bonchev–Trinajstić information content (AvgIpc) is 2.63. The molecule has 1 rings (SSSR count). The smallest absolute Gasteiger partial charge is 0.191 e. The van der Waals surface area contributed by atoms with Gasteiger partial charge >= 0.3 is 0 Å². The Hall–Kier alpha value is -1.06. The van der Waals surface area contributed by atoms with E-state index in [2.05, 4.69) is 46.9 Å². The Labute approximate surface area is 175 Å². The molecule has 150 valence electrons. The first-order chi connectivity index (χ1) is 12.2. The molecule has 0 saturated heterocycles. The van der Waals surface area contributed by atoms with Crippen molar-refractivity contribution in [1.29, 1.82) is 0 Å². The van der Waals surface area contributed by atoms with Crippen LogP contribution in [0.4, 0.5) is 5.69 Å². The third kappa shape index (κ3) is 11.5. The lowest BCUT2D eigenvalue weighted by Crippen LogP contribution is -2.45. The van der Waals surface area contributed by atoms with Crippen LogP contribution in [0.25, 0.3) is 0 Å². The minimum absolute atomic E-state index is 0. The lowest BCUT2D eigenvalue weighted by molar-refractivity contribution is 0.0698. The van der Waals surface area contributed by atoms with Crippen LogP contribution in [-0.2, 0) is 9.47 Å². The van der Waals surface area contributed by atoms with Crippen molar-refractivity contribution in [1.82, 2.24) is 10.6 Å². The van der Waals surface area contributed by atoms with E-state index in [9.17, 15) is 0 Å². The van der Waals surface area contributed by atoms with Gasteiger partial charge in [0.2, 0.25) is 0 Å². The standard InChI is InChI=1S/C19H34N4O2.HI/c1-16(2)18(23-17-9-6-5-7-10-17)15-22-19(20-3)21-11-8-12-25-14-13-24-4;/h5-7,9-10,16,18,23H,8,11-15H2,1-4H3,(H2,20,21,22);1H. The summed E-state index contributed by atoms with van der Waals surface area (Å²) in [5.74, 6) is 1.32. The molecule has 0 spiro atoms. The Morgan fingerprint density at radius 2 is 1.81 bits per heavy atom. The summed E-state index contributed by atoms with van der Waals surface area (Å²) in [5.41, 5.74) is 1.14. The van der Waals surface area contributed by atoms with Gasteiger partial charge in [0.15, 0.2) is 5.96 Å². The summed E-state index contributed by atoms with van der Waals surface area (Å²) in [6.45, 7) is 8.07. The van der Waals surface area contributed by atoms with Crippen molar-refractivity contribution in [3.8, 4) is 0 Å². The van der Waals surface area contributed by atoms with Gasteiger partial charge in [0.05, 0.1) is 13.2 Å². The second-order valence-electron chi connectivity index (χ2n) is 6.20. The highest BCUT2D eigenvalue weighted by Crippen LogP contribution is 2.11. The van der Waals surface area contributed by atoms with Crippen LogP contribution in [0.1, 0.15) is 20.3 Å². The zero-order valence-electron chi connectivity index (χ0n) is 16.5. The molecule has 1 aromatic carbocycles. The maximum Gasteiger partial charge on any atom is 0.191 e. The fraction of sp³-hybridized carbons (Fsp3) is 0.632. The van der Waals surface area contributed by atoms with Crippen molar-refractivity contribution in [3.05, 3.63) is 30.3 Å². The summed E-state index contributed by atoms with van der Waals surface area (Å²) < 4.78 is 10.4. The average molecular weight is 478 g/mol. The van der Waals surface area contributed by atoms with Gasteiger partial charge in [0, 0.05) is 45.6 Å². The van der Waals surface area contributed by atoms with Gasteiger partial charge < -0.3 is 25.4 Å². The van der Waals surface area contributed by atoms with E-state index < -0.39 is 0 Å². The van der Waals surface area contributed by atoms with Gasteiger partial charge in [-0.05, 0) is 24.5 Å². The van der Waals surface area contributed by atoms with E-state index in [1.807, 2.05) is 18.2 Å². The first-order valence-electron chi connectivity index (χ1n) is 9.00. The number of ether oxygens (including phenoxy) is 2. The highest BCUT2D eigenvalue weighted by molar-refractivity contribution is 14.0. The number of halogens is 1. The zero-order valence-corrected chi connectivity index (χ0v) is 18.8. The Morgan fingerprint density at radius 3 is 2.42 bits per heavy atom. The summed E-state index contributed by atoms with van der Waals surface area (Å²) in [4.78, 5) is 4.28. The van der Waals surface area contributed by atoms with Gasteiger partial charge in [0.1, 0.15) is 0 Å². The number of nitrogens with one attached hydrogen (secondary N) is 3. The number of hydrogen-bond acceptors (Lipinski definition) is 4. The van der Waals surface area contributed by atoms with E-state index in [0.29, 0.717) is 25.2 Å². The molecule has 0 aliphatic heterocycles. The summed E-state index contributed by atoms with van der Waals surface area (Å²) in [6.07, 6.45) is 0.931. The van der Waals surface area contributed by atoms with Gasteiger partial charge in [-0.2, -0.15) is 0 Å². The van der Waals surface area contributed by atoms with Crippen molar-refractivity contribution in [3.63, 3.8) is 0 Å². The molecule has 26 heavy (non-hydrogen) atoms. The number of nitrogens with zero attached hydrogens (tertiary/aromatic N) is 1. The van der Waals surface area contributed by atoms with E-state index in [-0.39, 0.29) is 24.0 Å².